The average Bonchev–Trinajstić information content (AvgIpc) is 3.30. The van der Waals surface area contributed by atoms with Crippen molar-refractivity contribution < 1.29 is 4.79 Å². The molecule has 0 unspecified atom stereocenters. The zero-order chi connectivity index (χ0) is 17.9. The van der Waals surface area contributed by atoms with Gasteiger partial charge in [-0.15, -0.1) is 23.5 Å². The Morgan fingerprint density at radius 1 is 1.15 bits per heavy atom. The van der Waals surface area contributed by atoms with Crippen molar-refractivity contribution in [3.05, 3.63) is 28.7 Å². The normalized spacial score (nSPS) is 18.6. The highest BCUT2D eigenvalue weighted by Crippen LogP contribution is 2.33. The van der Waals surface area contributed by atoms with Gasteiger partial charge in [0.15, 0.2) is 0 Å². The van der Waals surface area contributed by atoms with Crippen molar-refractivity contribution in [2.45, 2.75) is 11.0 Å². The number of aromatic nitrogens is 2. The van der Waals surface area contributed by atoms with Crippen molar-refractivity contribution >= 4 is 46.3 Å². The number of para-hydroxylation sites is 1. The molecule has 2 fully saturated rings. The summed E-state index contributed by atoms with van der Waals surface area (Å²) in [5.74, 6) is 2.45. The zero-order valence-corrected chi connectivity index (χ0v) is 16.1. The van der Waals surface area contributed by atoms with Crippen molar-refractivity contribution in [3.63, 3.8) is 0 Å². The molecule has 2 amide bonds. The van der Waals surface area contributed by atoms with E-state index in [4.69, 9.17) is 0 Å². The molecule has 0 bridgehead atoms. The first-order chi connectivity index (χ1) is 12.7. The third kappa shape index (κ3) is 3.83. The van der Waals surface area contributed by atoms with E-state index in [1.165, 1.54) is 11.5 Å². The van der Waals surface area contributed by atoms with Crippen LogP contribution in [-0.2, 0) is 0 Å². The number of rotatable bonds is 4. The van der Waals surface area contributed by atoms with Crippen LogP contribution in [0.3, 0.4) is 0 Å². The largest absolute Gasteiger partial charge is 0.366 e. The lowest BCUT2D eigenvalue weighted by atomic mass is 10.2. The fourth-order valence-electron chi connectivity index (χ4n) is 3.44. The molecule has 2 aliphatic heterocycles. The zero-order valence-electron chi connectivity index (χ0n) is 14.5. The second kappa shape index (κ2) is 7.87. The molecular formula is C17H23N5O2S2. The molecule has 1 aromatic heterocycles. The number of hydrogen-bond acceptors (Lipinski definition) is 5. The molecule has 1 aromatic carbocycles. The molecule has 3 heterocycles. The molecule has 2 aliphatic rings. The van der Waals surface area contributed by atoms with Gasteiger partial charge in [0.25, 0.3) is 0 Å². The van der Waals surface area contributed by atoms with E-state index in [1.54, 1.807) is 0 Å². The van der Waals surface area contributed by atoms with Crippen molar-refractivity contribution in [3.8, 4) is 0 Å². The Balaban J connectivity index is 1.30. The van der Waals surface area contributed by atoms with Crippen LogP contribution in [0, 0.1) is 0 Å². The van der Waals surface area contributed by atoms with E-state index in [9.17, 15) is 9.59 Å². The molecule has 9 heteroatoms. The molecule has 4 rings (SSSR count). The third-order valence-electron chi connectivity index (χ3n) is 4.78. The molecule has 0 saturated carbocycles. The van der Waals surface area contributed by atoms with E-state index in [0.29, 0.717) is 17.7 Å². The SMILES string of the molecule is O=C(NCCC1SCCS1)N1CCN(c2cccc3[nH]c(=O)[nH]c23)CC1. The van der Waals surface area contributed by atoms with Crippen molar-refractivity contribution in [1.29, 1.82) is 0 Å². The van der Waals surface area contributed by atoms with Crippen LogP contribution in [-0.4, -0.2) is 69.7 Å². The van der Waals surface area contributed by atoms with Gasteiger partial charge in [0.2, 0.25) is 0 Å². The maximum absolute atomic E-state index is 12.4. The molecule has 26 heavy (non-hydrogen) atoms. The first kappa shape index (κ1) is 17.7. The molecule has 0 atom stereocenters. The number of piperazine rings is 1. The highest BCUT2D eigenvalue weighted by molar-refractivity contribution is 8.20. The van der Waals surface area contributed by atoms with Crippen LogP contribution in [0.4, 0.5) is 10.5 Å². The maximum Gasteiger partial charge on any atom is 0.323 e. The molecule has 2 saturated heterocycles. The Kier molecular flexibility index (Phi) is 5.35. The van der Waals surface area contributed by atoms with E-state index in [1.807, 2.05) is 46.6 Å². The monoisotopic (exact) mass is 393 g/mol. The maximum atomic E-state index is 12.4. The Bertz CT molecular complexity index is 822. The van der Waals surface area contributed by atoms with Crippen LogP contribution in [0.25, 0.3) is 11.0 Å². The molecule has 7 nitrogen and oxygen atoms in total. The lowest BCUT2D eigenvalue weighted by molar-refractivity contribution is 0.194. The van der Waals surface area contributed by atoms with Crippen LogP contribution < -0.4 is 15.9 Å². The number of imidazole rings is 1. The molecule has 0 aliphatic carbocycles. The summed E-state index contributed by atoms with van der Waals surface area (Å²) in [7, 11) is 0. The second-order valence-electron chi connectivity index (χ2n) is 6.44. The first-order valence-electron chi connectivity index (χ1n) is 8.92. The Morgan fingerprint density at radius 2 is 1.92 bits per heavy atom. The van der Waals surface area contributed by atoms with Gasteiger partial charge >= 0.3 is 11.7 Å². The van der Waals surface area contributed by atoms with Gasteiger partial charge in [-0.2, -0.15) is 0 Å². The fraction of sp³-hybridized carbons (Fsp3) is 0.529. The summed E-state index contributed by atoms with van der Waals surface area (Å²) < 4.78 is 0.635. The number of hydrogen-bond donors (Lipinski definition) is 3. The first-order valence-corrected chi connectivity index (χ1v) is 11.0. The third-order valence-corrected chi connectivity index (χ3v) is 7.95. The number of benzene rings is 1. The number of thioether (sulfide) groups is 2. The number of H-pyrrole nitrogens is 2. The van der Waals surface area contributed by atoms with E-state index in [-0.39, 0.29) is 11.7 Å². The number of carbonyl (C=O) groups excluding carboxylic acids is 1. The number of urea groups is 1. The molecule has 3 N–H and O–H groups in total. The summed E-state index contributed by atoms with van der Waals surface area (Å²) in [6.07, 6.45) is 1.03. The molecule has 0 spiro atoms. The van der Waals surface area contributed by atoms with Gasteiger partial charge in [0.05, 0.1) is 21.3 Å². The van der Waals surface area contributed by atoms with Crippen LogP contribution in [0.15, 0.2) is 23.0 Å². The van der Waals surface area contributed by atoms with Crippen LogP contribution >= 0.6 is 23.5 Å². The van der Waals surface area contributed by atoms with E-state index < -0.39 is 0 Å². The average molecular weight is 394 g/mol. The second-order valence-corrected chi connectivity index (χ2v) is 9.36. The number of aromatic amines is 2. The Labute approximate surface area is 160 Å². The van der Waals surface area contributed by atoms with Gasteiger partial charge in [-0.1, -0.05) is 6.07 Å². The summed E-state index contributed by atoms with van der Waals surface area (Å²) in [6.45, 7) is 3.63. The van der Waals surface area contributed by atoms with Gasteiger partial charge < -0.3 is 25.1 Å². The van der Waals surface area contributed by atoms with Crippen molar-refractivity contribution in [2.75, 3.05) is 49.1 Å². The minimum atomic E-state index is -0.191. The van der Waals surface area contributed by atoms with Gasteiger partial charge in [-0.3, -0.25) is 0 Å². The Hall–Kier alpha value is -1.74. The van der Waals surface area contributed by atoms with Gasteiger partial charge in [-0.25, -0.2) is 9.59 Å². The highest BCUT2D eigenvalue weighted by atomic mass is 32.2. The number of amides is 2. The van der Waals surface area contributed by atoms with Crippen LogP contribution in [0.1, 0.15) is 6.42 Å². The summed E-state index contributed by atoms with van der Waals surface area (Å²) in [5.41, 5.74) is 2.47. The number of nitrogens with zero attached hydrogens (tertiary/aromatic N) is 2. The van der Waals surface area contributed by atoms with Crippen molar-refractivity contribution in [2.24, 2.45) is 0 Å². The van der Waals surface area contributed by atoms with Crippen LogP contribution in [0.2, 0.25) is 0 Å². The Morgan fingerprint density at radius 3 is 2.69 bits per heavy atom. The fourth-order valence-corrected chi connectivity index (χ4v) is 6.27. The topological polar surface area (TPSA) is 84.2 Å². The number of nitrogens with one attached hydrogen (secondary N) is 3. The standard InChI is InChI=1S/C17H23N5O2S2/c23-16-19-12-2-1-3-13(15(12)20-16)21-6-8-22(9-7-21)17(24)18-5-4-14-25-10-11-26-14/h1-3,14H,4-11H2,(H,18,24)(H2,19,20,23). The number of fused-ring (bicyclic) bond motifs is 1. The predicted octanol–water partition coefficient (Wildman–Crippen LogP) is 1.88. The minimum absolute atomic E-state index is 0.0332. The molecule has 2 aromatic rings. The molecule has 140 valence electrons. The van der Waals surface area contributed by atoms with E-state index in [0.717, 1.165) is 42.8 Å². The summed E-state index contributed by atoms with van der Waals surface area (Å²) in [4.78, 5) is 33.7. The van der Waals surface area contributed by atoms with E-state index >= 15 is 0 Å². The summed E-state index contributed by atoms with van der Waals surface area (Å²) in [5, 5.41) is 3.06. The predicted molar refractivity (Wildman–Crippen MR) is 109 cm³/mol. The lowest BCUT2D eigenvalue weighted by Gasteiger charge is -2.36. The summed E-state index contributed by atoms with van der Waals surface area (Å²) in [6, 6.07) is 5.88. The highest BCUT2D eigenvalue weighted by Gasteiger charge is 2.23. The number of carbonyl (C=O) groups is 1. The minimum Gasteiger partial charge on any atom is -0.366 e. The number of anilines is 1. The van der Waals surface area contributed by atoms with Gasteiger partial charge in [0.1, 0.15) is 0 Å². The smallest absolute Gasteiger partial charge is 0.323 e. The van der Waals surface area contributed by atoms with E-state index in [2.05, 4.69) is 20.2 Å². The summed E-state index contributed by atoms with van der Waals surface area (Å²) >= 11 is 3.99. The molecule has 0 radical (unpaired) electrons. The lowest BCUT2D eigenvalue weighted by Crippen LogP contribution is -2.52. The van der Waals surface area contributed by atoms with Crippen LogP contribution in [0.5, 0.6) is 0 Å². The quantitative estimate of drug-likeness (QED) is 0.739. The van der Waals surface area contributed by atoms with Gasteiger partial charge in [-0.05, 0) is 18.6 Å². The molecular weight excluding hydrogens is 370 g/mol. The van der Waals surface area contributed by atoms with Gasteiger partial charge in [0, 0.05) is 44.2 Å². The van der Waals surface area contributed by atoms with Crippen molar-refractivity contribution in [1.82, 2.24) is 20.2 Å².